The van der Waals surface area contributed by atoms with E-state index in [0.717, 1.165) is 35.3 Å². The van der Waals surface area contributed by atoms with Gasteiger partial charge in [0.15, 0.2) is 5.16 Å². The summed E-state index contributed by atoms with van der Waals surface area (Å²) in [6.45, 7) is 4.53. The van der Waals surface area contributed by atoms with E-state index in [-0.39, 0.29) is 5.56 Å². The average Bonchev–Trinajstić information content (AvgIpc) is 3.55. The van der Waals surface area contributed by atoms with Crippen molar-refractivity contribution < 1.29 is 4.74 Å². The maximum atomic E-state index is 13.4. The van der Waals surface area contributed by atoms with Crippen LogP contribution in [-0.2, 0) is 5.75 Å². The highest BCUT2D eigenvalue weighted by Crippen LogP contribution is 2.39. The minimum absolute atomic E-state index is 0.0785. The first-order chi connectivity index (χ1) is 15.2. The molecule has 8 heteroatoms. The van der Waals surface area contributed by atoms with Crippen LogP contribution in [-0.4, -0.2) is 30.9 Å². The molecule has 1 saturated carbocycles. The molecule has 2 heterocycles. The molecule has 31 heavy (non-hydrogen) atoms. The van der Waals surface area contributed by atoms with Crippen molar-refractivity contribution in [1.29, 1.82) is 0 Å². The van der Waals surface area contributed by atoms with E-state index in [1.165, 1.54) is 0 Å². The Morgan fingerprint density at radius 2 is 1.87 bits per heavy atom. The Bertz CT molecular complexity index is 1290. The highest BCUT2D eigenvalue weighted by molar-refractivity contribution is 7.98. The smallest absolute Gasteiger partial charge is 0.265 e. The van der Waals surface area contributed by atoms with Gasteiger partial charge in [0.05, 0.1) is 29.0 Å². The van der Waals surface area contributed by atoms with Crippen LogP contribution in [0.25, 0.3) is 16.6 Å². The third-order valence-corrected chi connectivity index (χ3v) is 6.27. The van der Waals surface area contributed by atoms with Crippen molar-refractivity contribution in [1.82, 2.24) is 24.3 Å². The molecule has 0 bridgehead atoms. The number of aromatic nitrogens is 5. The number of hydrogen-bond donors (Lipinski definition) is 0. The monoisotopic (exact) mass is 433 g/mol. The van der Waals surface area contributed by atoms with Crippen molar-refractivity contribution in [3.63, 3.8) is 0 Å². The van der Waals surface area contributed by atoms with E-state index in [1.54, 1.807) is 16.3 Å². The molecule has 0 radical (unpaired) electrons. The zero-order chi connectivity index (χ0) is 21.4. The van der Waals surface area contributed by atoms with Gasteiger partial charge in [-0.3, -0.25) is 9.36 Å². The zero-order valence-corrected chi connectivity index (χ0v) is 18.3. The normalized spacial score (nSPS) is 13.6. The highest BCUT2D eigenvalue weighted by atomic mass is 32.2. The van der Waals surface area contributed by atoms with E-state index in [4.69, 9.17) is 9.72 Å². The minimum atomic E-state index is -0.0785. The number of rotatable bonds is 7. The molecule has 1 aliphatic rings. The lowest BCUT2D eigenvalue weighted by atomic mass is 10.2. The van der Waals surface area contributed by atoms with E-state index in [2.05, 4.69) is 14.8 Å². The fraction of sp³-hybridized carbons (Fsp3) is 0.304. The van der Waals surface area contributed by atoms with Crippen LogP contribution in [0, 0.1) is 6.92 Å². The van der Waals surface area contributed by atoms with E-state index < -0.39 is 0 Å². The van der Waals surface area contributed by atoms with E-state index in [0.29, 0.717) is 35.1 Å². The van der Waals surface area contributed by atoms with Crippen LogP contribution in [0.1, 0.15) is 37.5 Å². The lowest BCUT2D eigenvalue weighted by Gasteiger charge is -2.14. The molecule has 0 saturated heterocycles. The van der Waals surface area contributed by atoms with Gasteiger partial charge in [-0.25, -0.2) is 4.98 Å². The summed E-state index contributed by atoms with van der Waals surface area (Å²) in [5.41, 5.74) is 1.39. The van der Waals surface area contributed by atoms with Gasteiger partial charge in [-0.1, -0.05) is 23.9 Å². The van der Waals surface area contributed by atoms with Crippen LogP contribution >= 0.6 is 11.8 Å². The maximum absolute atomic E-state index is 13.4. The number of nitrogens with zero attached hydrogens (tertiary/aromatic N) is 5. The van der Waals surface area contributed by atoms with Gasteiger partial charge in [0, 0.05) is 6.04 Å². The fourth-order valence-electron chi connectivity index (χ4n) is 3.73. The Kier molecular flexibility index (Phi) is 5.23. The first-order valence-electron chi connectivity index (χ1n) is 10.4. The van der Waals surface area contributed by atoms with Crippen LogP contribution in [0.3, 0.4) is 0 Å². The lowest BCUT2D eigenvalue weighted by Crippen LogP contribution is -2.23. The molecule has 1 fully saturated rings. The molecular formula is C23H23N5O2S. The summed E-state index contributed by atoms with van der Waals surface area (Å²) in [4.78, 5) is 18.2. The second-order valence-corrected chi connectivity index (χ2v) is 8.47. The standard InChI is InChI=1S/C23H23N5O2S/c1-3-30-18-12-10-17(11-13-18)28-21(24-20-7-5-4-6-19(20)22(28)29)14-31-23-26-25-15(2)27(23)16-8-9-16/h4-7,10-13,16H,3,8-9,14H2,1-2H3. The largest absolute Gasteiger partial charge is 0.494 e. The number of para-hydroxylation sites is 1. The van der Waals surface area contributed by atoms with Crippen molar-refractivity contribution >= 4 is 22.7 Å². The SMILES string of the molecule is CCOc1ccc(-n2c(CSc3nnc(C)n3C3CC3)nc3ccccc3c2=O)cc1. The molecule has 0 amide bonds. The number of benzene rings is 2. The first kappa shape index (κ1) is 19.8. The van der Waals surface area contributed by atoms with Gasteiger partial charge in [0.1, 0.15) is 17.4 Å². The van der Waals surface area contributed by atoms with Crippen molar-refractivity contribution in [2.75, 3.05) is 6.61 Å². The van der Waals surface area contributed by atoms with Gasteiger partial charge in [0.2, 0.25) is 0 Å². The summed E-state index contributed by atoms with van der Waals surface area (Å²) in [5.74, 6) is 2.90. The molecule has 0 unspecified atom stereocenters. The van der Waals surface area contributed by atoms with Crippen LogP contribution in [0.15, 0.2) is 58.5 Å². The molecule has 0 spiro atoms. The van der Waals surface area contributed by atoms with E-state index >= 15 is 0 Å². The molecule has 1 aliphatic carbocycles. The molecule has 7 nitrogen and oxygen atoms in total. The summed E-state index contributed by atoms with van der Waals surface area (Å²) >= 11 is 1.57. The van der Waals surface area contributed by atoms with Crippen LogP contribution in [0.2, 0.25) is 0 Å². The summed E-state index contributed by atoms with van der Waals surface area (Å²) in [7, 11) is 0. The second kappa shape index (κ2) is 8.19. The predicted molar refractivity (Wildman–Crippen MR) is 121 cm³/mol. The summed E-state index contributed by atoms with van der Waals surface area (Å²) < 4.78 is 9.44. The summed E-state index contributed by atoms with van der Waals surface area (Å²) in [6.07, 6.45) is 2.33. The molecular weight excluding hydrogens is 410 g/mol. The minimum Gasteiger partial charge on any atom is -0.494 e. The van der Waals surface area contributed by atoms with Crippen molar-refractivity contribution in [3.05, 3.63) is 70.5 Å². The van der Waals surface area contributed by atoms with E-state index in [1.807, 2.05) is 62.4 Å². The fourth-order valence-corrected chi connectivity index (χ4v) is 4.70. The van der Waals surface area contributed by atoms with Crippen LogP contribution in [0.5, 0.6) is 5.75 Å². The van der Waals surface area contributed by atoms with Gasteiger partial charge in [0.25, 0.3) is 5.56 Å². The maximum Gasteiger partial charge on any atom is 0.265 e. The second-order valence-electron chi connectivity index (χ2n) is 7.53. The van der Waals surface area contributed by atoms with E-state index in [9.17, 15) is 4.79 Å². The topological polar surface area (TPSA) is 74.8 Å². The Morgan fingerprint density at radius 3 is 2.61 bits per heavy atom. The van der Waals surface area contributed by atoms with Gasteiger partial charge in [-0.15, -0.1) is 10.2 Å². The van der Waals surface area contributed by atoms with Gasteiger partial charge < -0.3 is 9.30 Å². The molecule has 4 aromatic rings. The van der Waals surface area contributed by atoms with Crippen LogP contribution in [0.4, 0.5) is 0 Å². The summed E-state index contributed by atoms with van der Waals surface area (Å²) in [6, 6.07) is 15.5. The Balaban J connectivity index is 1.56. The molecule has 2 aromatic carbocycles. The van der Waals surface area contributed by atoms with Gasteiger partial charge >= 0.3 is 0 Å². The highest BCUT2D eigenvalue weighted by Gasteiger charge is 2.28. The Morgan fingerprint density at radius 1 is 1.10 bits per heavy atom. The van der Waals surface area contributed by atoms with Gasteiger partial charge in [-0.2, -0.15) is 0 Å². The lowest BCUT2D eigenvalue weighted by molar-refractivity contribution is 0.340. The summed E-state index contributed by atoms with van der Waals surface area (Å²) in [5, 5.41) is 10.1. The quantitative estimate of drug-likeness (QED) is 0.404. The average molecular weight is 434 g/mol. The Labute approximate surface area is 184 Å². The third kappa shape index (κ3) is 3.83. The number of ether oxygens (including phenoxy) is 1. The van der Waals surface area contributed by atoms with Gasteiger partial charge in [-0.05, 0) is 63.1 Å². The third-order valence-electron chi connectivity index (χ3n) is 5.33. The molecule has 158 valence electrons. The molecule has 2 aromatic heterocycles. The van der Waals surface area contributed by atoms with Crippen molar-refractivity contribution in [2.45, 2.75) is 43.6 Å². The van der Waals surface area contributed by atoms with Crippen LogP contribution < -0.4 is 10.3 Å². The number of fused-ring (bicyclic) bond motifs is 1. The Hall–Kier alpha value is -3.13. The molecule has 0 N–H and O–H groups in total. The zero-order valence-electron chi connectivity index (χ0n) is 17.5. The number of thioether (sulfide) groups is 1. The van der Waals surface area contributed by atoms with Crippen molar-refractivity contribution in [2.24, 2.45) is 0 Å². The molecule has 0 atom stereocenters. The predicted octanol–water partition coefficient (Wildman–Crippen LogP) is 4.31. The van der Waals surface area contributed by atoms with Crippen molar-refractivity contribution in [3.8, 4) is 11.4 Å². The number of aryl methyl sites for hydroxylation is 1. The molecule has 5 rings (SSSR count). The number of hydrogen-bond acceptors (Lipinski definition) is 6. The molecule has 0 aliphatic heterocycles. The first-order valence-corrected chi connectivity index (χ1v) is 11.4.